The van der Waals surface area contributed by atoms with Crippen LogP contribution in [0.2, 0.25) is 5.02 Å². The SMILES string of the molecule is CC(Cl)CC(C)(C)Cc1cccc(F)c1Cl. The molecule has 90 valence electrons. The Balaban J connectivity index is 2.83. The summed E-state index contributed by atoms with van der Waals surface area (Å²) in [5.41, 5.74) is 0.877. The molecule has 0 radical (unpaired) electrons. The van der Waals surface area contributed by atoms with Gasteiger partial charge in [-0.05, 0) is 36.8 Å². The van der Waals surface area contributed by atoms with Crippen LogP contribution in [-0.2, 0) is 6.42 Å². The molecular weight excluding hydrogens is 246 g/mol. The minimum Gasteiger partial charge on any atom is -0.205 e. The molecule has 1 unspecified atom stereocenters. The van der Waals surface area contributed by atoms with E-state index < -0.39 is 0 Å². The zero-order valence-electron chi connectivity index (χ0n) is 9.86. The number of hydrogen-bond donors (Lipinski definition) is 0. The molecule has 16 heavy (non-hydrogen) atoms. The molecule has 0 aliphatic carbocycles. The molecule has 0 amide bonds. The van der Waals surface area contributed by atoms with E-state index in [1.807, 2.05) is 13.0 Å². The molecule has 0 N–H and O–H groups in total. The second-order valence-corrected chi connectivity index (χ2v) is 6.16. The largest absolute Gasteiger partial charge is 0.205 e. The fourth-order valence-corrected chi connectivity index (χ4v) is 2.64. The van der Waals surface area contributed by atoms with E-state index in [0.29, 0.717) is 0 Å². The minimum atomic E-state index is -0.353. The molecule has 0 aliphatic rings. The van der Waals surface area contributed by atoms with Crippen molar-refractivity contribution in [3.05, 3.63) is 34.6 Å². The van der Waals surface area contributed by atoms with Gasteiger partial charge in [-0.1, -0.05) is 37.6 Å². The van der Waals surface area contributed by atoms with E-state index in [-0.39, 0.29) is 21.6 Å². The third-order valence-electron chi connectivity index (χ3n) is 2.53. The zero-order chi connectivity index (χ0) is 12.3. The highest BCUT2D eigenvalue weighted by atomic mass is 35.5. The van der Waals surface area contributed by atoms with Crippen molar-refractivity contribution in [2.24, 2.45) is 5.41 Å². The quantitative estimate of drug-likeness (QED) is 0.665. The van der Waals surface area contributed by atoms with E-state index in [2.05, 4.69) is 13.8 Å². The normalized spacial score (nSPS) is 13.9. The third-order valence-corrected chi connectivity index (χ3v) is 3.11. The van der Waals surface area contributed by atoms with Gasteiger partial charge in [0.25, 0.3) is 0 Å². The average molecular weight is 263 g/mol. The molecule has 0 fully saturated rings. The van der Waals surface area contributed by atoms with Crippen molar-refractivity contribution in [1.82, 2.24) is 0 Å². The fraction of sp³-hybridized carbons (Fsp3) is 0.538. The Morgan fingerprint density at radius 1 is 1.38 bits per heavy atom. The van der Waals surface area contributed by atoms with Crippen molar-refractivity contribution >= 4 is 23.2 Å². The lowest BCUT2D eigenvalue weighted by Gasteiger charge is -2.26. The highest BCUT2D eigenvalue weighted by Crippen LogP contribution is 2.32. The number of halogens is 3. The molecule has 0 saturated heterocycles. The molecule has 0 aromatic heterocycles. The molecule has 1 aromatic carbocycles. The molecule has 1 atom stereocenters. The molecule has 0 nitrogen and oxygen atoms in total. The summed E-state index contributed by atoms with van der Waals surface area (Å²) in [6, 6.07) is 4.94. The number of benzene rings is 1. The van der Waals surface area contributed by atoms with Crippen molar-refractivity contribution < 1.29 is 4.39 Å². The number of rotatable bonds is 4. The van der Waals surface area contributed by atoms with E-state index in [1.165, 1.54) is 6.07 Å². The van der Waals surface area contributed by atoms with Crippen molar-refractivity contribution in [2.45, 2.75) is 39.0 Å². The van der Waals surface area contributed by atoms with Crippen LogP contribution in [0.4, 0.5) is 4.39 Å². The molecule has 1 aromatic rings. The van der Waals surface area contributed by atoms with E-state index in [4.69, 9.17) is 23.2 Å². The third kappa shape index (κ3) is 3.95. The fourth-order valence-electron chi connectivity index (χ4n) is 2.03. The lowest BCUT2D eigenvalue weighted by atomic mass is 9.81. The minimum absolute atomic E-state index is 0.0264. The Morgan fingerprint density at radius 2 is 2.00 bits per heavy atom. The first-order valence-corrected chi connectivity index (χ1v) is 6.20. The van der Waals surface area contributed by atoms with E-state index in [1.54, 1.807) is 6.07 Å². The van der Waals surface area contributed by atoms with Crippen LogP contribution in [-0.4, -0.2) is 5.38 Å². The molecule has 3 heteroatoms. The van der Waals surface area contributed by atoms with Crippen LogP contribution in [0.15, 0.2) is 18.2 Å². The van der Waals surface area contributed by atoms with Gasteiger partial charge in [0.2, 0.25) is 0 Å². The van der Waals surface area contributed by atoms with Gasteiger partial charge in [0.15, 0.2) is 0 Å². The monoisotopic (exact) mass is 262 g/mol. The number of alkyl halides is 1. The topological polar surface area (TPSA) is 0 Å². The summed E-state index contributed by atoms with van der Waals surface area (Å²) in [5.74, 6) is -0.353. The van der Waals surface area contributed by atoms with Gasteiger partial charge in [-0.2, -0.15) is 0 Å². The summed E-state index contributed by atoms with van der Waals surface area (Å²) >= 11 is 11.9. The summed E-state index contributed by atoms with van der Waals surface area (Å²) < 4.78 is 13.3. The predicted octanol–water partition coefficient (Wildman–Crippen LogP) is 5.07. The van der Waals surface area contributed by atoms with Gasteiger partial charge in [0.1, 0.15) is 5.82 Å². The average Bonchev–Trinajstić information content (AvgIpc) is 2.10. The van der Waals surface area contributed by atoms with Crippen LogP contribution in [0.5, 0.6) is 0 Å². The van der Waals surface area contributed by atoms with Gasteiger partial charge in [-0.3, -0.25) is 0 Å². The standard InChI is InChI=1S/C13H17Cl2F/c1-9(14)7-13(2,3)8-10-5-4-6-11(16)12(10)15/h4-6,9H,7-8H2,1-3H3. The summed E-state index contributed by atoms with van der Waals surface area (Å²) in [4.78, 5) is 0. The lowest BCUT2D eigenvalue weighted by molar-refractivity contribution is 0.331. The Hall–Kier alpha value is -0.270. The van der Waals surface area contributed by atoms with Gasteiger partial charge < -0.3 is 0 Å². The van der Waals surface area contributed by atoms with E-state index >= 15 is 0 Å². The van der Waals surface area contributed by atoms with Crippen molar-refractivity contribution in [3.8, 4) is 0 Å². The van der Waals surface area contributed by atoms with Crippen LogP contribution in [0.3, 0.4) is 0 Å². The Morgan fingerprint density at radius 3 is 2.56 bits per heavy atom. The van der Waals surface area contributed by atoms with Gasteiger partial charge in [-0.15, -0.1) is 11.6 Å². The first kappa shape index (κ1) is 13.8. The van der Waals surface area contributed by atoms with Crippen LogP contribution in [0.1, 0.15) is 32.8 Å². The van der Waals surface area contributed by atoms with Gasteiger partial charge in [0, 0.05) is 5.38 Å². The highest BCUT2D eigenvalue weighted by Gasteiger charge is 2.22. The van der Waals surface area contributed by atoms with Crippen LogP contribution in [0, 0.1) is 11.2 Å². The van der Waals surface area contributed by atoms with Crippen molar-refractivity contribution in [2.75, 3.05) is 0 Å². The molecular formula is C13H17Cl2F. The maximum Gasteiger partial charge on any atom is 0.142 e. The summed E-state index contributed by atoms with van der Waals surface area (Å²) in [5, 5.41) is 0.347. The Bertz CT molecular complexity index is 359. The second-order valence-electron chi connectivity index (χ2n) is 5.04. The Kier molecular flexibility index (Phi) is 4.63. The molecule has 0 saturated carbocycles. The van der Waals surface area contributed by atoms with E-state index in [0.717, 1.165) is 18.4 Å². The van der Waals surface area contributed by atoms with Crippen LogP contribution < -0.4 is 0 Å². The summed E-state index contributed by atoms with van der Waals surface area (Å²) in [7, 11) is 0. The van der Waals surface area contributed by atoms with E-state index in [9.17, 15) is 4.39 Å². The molecule has 0 bridgehead atoms. The van der Waals surface area contributed by atoms with Gasteiger partial charge >= 0.3 is 0 Å². The van der Waals surface area contributed by atoms with Gasteiger partial charge in [-0.25, -0.2) is 4.39 Å². The first-order valence-electron chi connectivity index (χ1n) is 5.39. The number of hydrogen-bond acceptors (Lipinski definition) is 0. The Labute approximate surface area is 107 Å². The summed E-state index contributed by atoms with van der Waals surface area (Å²) in [6.45, 7) is 6.21. The highest BCUT2D eigenvalue weighted by molar-refractivity contribution is 6.31. The molecule has 1 rings (SSSR count). The molecule has 0 heterocycles. The van der Waals surface area contributed by atoms with Crippen LogP contribution in [0.25, 0.3) is 0 Å². The second kappa shape index (κ2) is 5.37. The van der Waals surface area contributed by atoms with Gasteiger partial charge in [0.05, 0.1) is 5.02 Å². The maximum absolute atomic E-state index is 13.3. The smallest absolute Gasteiger partial charge is 0.142 e. The zero-order valence-corrected chi connectivity index (χ0v) is 11.4. The lowest BCUT2D eigenvalue weighted by Crippen LogP contribution is -2.19. The van der Waals surface area contributed by atoms with Crippen LogP contribution >= 0.6 is 23.2 Å². The first-order chi connectivity index (χ1) is 7.32. The molecule has 0 aliphatic heterocycles. The predicted molar refractivity (Wildman–Crippen MR) is 68.8 cm³/mol. The maximum atomic E-state index is 13.3. The van der Waals surface area contributed by atoms with Crippen molar-refractivity contribution in [1.29, 1.82) is 0 Å². The van der Waals surface area contributed by atoms with Crippen molar-refractivity contribution in [3.63, 3.8) is 0 Å². The summed E-state index contributed by atoms with van der Waals surface area (Å²) in [6.07, 6.45) is 1.61. The molecule has 0 spiro atoms.